The maximum Gasteiger partial charge on any atom is 0.409 e. The molecule has 0 aliphatic carbocycles. The molecule has 19 heavy (non-hydrogen) atoms. The monoisotopic (exact) mass is 270 g/mol. The van der Waals surface area contributed by atoms with E-state index in [2.05, 4.69) is 0 Å². The van der Waals surface area contributed by atoms with Crippen molar-refractivity contribution in [3.05, 3.63) is 0 Å². The van der Waals surface area contributed by atoms with Crippen LogP contribution in [0.25, 0.3) is 0 Å². The summed E-state index contributed by atoms with van der Waals surface area (Å²) in [6.07, 6.45) is 1.36. The molecule has 0 saturated carbocycles. The summed E-state index contributed by atoms with van der Waals surface area (Å²) in [4.78, 5) is 27.4. The minimum Gasteiger partial charge on any atom is -0.450 e. The number of carbonyl (C=O) groups is 2. The molecule has 6 heteroatoms. The molecule has 0 aromatic carbocycles. The second kappa shape index (κ2) is 6.75. The molecule has 0 atom stereocenters. The number of piperazine rings is 1. The fourth-order valence-electron chi connectivity index (χ4n) is 2.53. The summed E-state index contributed by atoms with van der Waals surface area (Å²) in [6.45, 7) is 5.88. The van der Waals surface area contributed by atoms with Crippen molar-refractivity contribution < 1.29 is 19.1 Å². The van der Waals surface area contributed by atoms with Crippen LogP contribution in [0.1, 0.15) is 19.8 Å². The first-order valence-corrected chi connectivity index (χ1v) is 7.00. The molecule has 6 nitrogen and oxygen atoms in total. The van der Waals surface area contributed by atoms with Crippen molar-refractivity contribution in [2.45, 2.75) is 19.8 Å². The Kier molecular flexibility index (Phi) is 5.01. The van der Waals surface area contributed by atoms with Gasteiger partial charge in [-0.05, 0) is 19.8 Å². The Bertz CT molecular complexity index is 321. The quantitative estimate of drug-likeness (QED) is 0.741. The van der Waals surface area contributed by atoms with E-state index in [1.807, 2.05) is 4.90 Å². The molecule has 2 rings (SSSR count). The van der Waals surface area contributed by atoms with Gasteiger partial charge in [-0.1, -0.05) is 0 Å². The molecular weight excluding hydrogens is 248 g/mol. The van der Waals surface area contributed by atoms with Crippen LogP contribution in [0.5, 0.6) is 0 Å². The third kappa shape index (κ3) is 3.59. The normalized spacial score (nSPS) is 21.3. The lowest BCUT2D eigenvalue weighted by Gasteiger charge is -2.36. The van der Waals surface area contributed by atoms with Gasteiger partial charge in [0.1, 0.15) is 0 Å². The molecule has 2 fully saturated rings. The van der Waals surface area contributed by atoms with Gasteiger partial charge in [0.05, 0.1) is 6.61 Å². The molecule has 2 saturated heterocycles. The Morgan fingerprint density at radius 1 is 1.11 bits per heavy atom. The second-order valence-electron chi connectivity index (χ2n) is 4.90. The predicted octanol–water partition coefficient (Wildman–Crippen LogP) is 0.714. The van der Waals surface area contributed by atoms with E-state index in [4.69, 9.17) is 9.47 Å². The average molecular weight is 270 g/mol. The van der Waals surface area contributed by atoms with Crippen LogP contribution in [0.2, 0.25) is 0 Å². The van der Waals surface area contributed by atoms with Gasteiger partial charge in [-0.3, -0.25) is 4.79 Å². The van der Waals surface area contributed by atoms with Gasteiger partial charge in [-0.25, -0.2) is 4.79 Å². The summed E-state index contributed by atoms with van der Waals surface area (Å²) in [7, 11) is 0. The highest BCUT2D eigenvalue weighted by Crippen LogP contribution is 2.18. The van der Waals surface area contributed by atoms with Gasteiger partial charge in [0.2, 0.25) is 5.91 Å². The molecule has 2 heterocycles. The Morgan fingerprint density at radius 2 is 1.68 bits per heavy atom. The first-order chi connectivity index (χ1) is 9.22. The zero-order valence-corrected chi connectivity index (χ0v) is 11.5. The highest BCUT2D eigenvalue weighted by Gasteiger charge is 2.30. The molecule has 2 aliphatic rings. The molecule has 0 radical (unpaired) electrons. The predicted molar refractivity (Wildman–Crippen MR) is 68.7 cm³/mol. The molecule has 0 N–H and O–H groups in total. The van der Waals surface area contributed by atoms with Crippen LogP contribution >= 0.6 is 0 Å². The van der Waals surface area contributed by atoms with E-state index < -0.39 is 0 Å². The zero-order chi connectivity index (χ0) is 13.7. The van der Waals surface area contributed by atoms with Crippen LogP contribution in [0, 0.1) is 5.92 Å². The lowest BCUT2D eigenvalue weighted by Crippen LogP contribution is -2.52. The van der Waals surface area contributed by atoms with Crippen LogP contribution in [0.4, 0.5) is 4.79 Å². The number of hydrogen-bond donors (Lipinski definition) is 0. The molecule has 0 unspecified atom stereocenters. The highest BCUT2D eigenvalue weighted by atomic mass is 16.6. The van der Waals surface area contributed by atoms with E-state index in [9.17, 15) is 9.59 Å². The van der Waals surface area contributed by atoms with E-state index >= 15 is 0 Å². The minimum absolute atomic E-state index is 0.0999. The molecular formula is C13H22N2O4. The van der Waals surface area contributed by atoms with Crippen LogP contribution in [-0.2, 0) is 14.3 Å². The zero-order valence-electron chi connectivity index (χ0n) is 11.5. The van der Waals surface area contributed by atoms with Gasteiger partial charge in [0.25, 0.3) is 0 Å². The average Bonchev–Trinajstić information content (AvgIpc) is 2.48. The van der Waals surface area contributed by atoms with Crippen molar-refractivity contribution >= 4 is 12.0 Å². The van der Waals surface area contributed by atoms with Gasteiger partial charge in [0.15, 0.2) is 0 Å². The van der Waals surface area contributed by atoms with Crippen molar-refractivity contribution in [2.75, 3.05) is 46.0 Å². The summed E-state index contributed by atoms with van der Waals surface area (Å²) in [5.74, 6) is 0.315. The molecule has 2 amide bonds. The van der Waals surface area contributed by atoms with Crippen LogP contribution < -0.4 is 0 Å². The molecule has 0 aromatic heterocycles. The molecule has 108 valence electrons. The molecule has 2 aliphatic heterocycles. The van der Waals surface area contributed by atoms with E-state index in [0.29, 0.717) is 46.0 Å². The van der Waals surface area contributed by atoms with Gasteiger partial charge < -0.3 is 19.3 Å². The third-order valence-electron chi connectivity index (χ3n) is 3.69. The largest absolute Gasteiger partial charge is 0.450 e. The Labute approximate surface area is 113 Å². The standard InChI is InChI=1S/C13H22N2O4/c1-2-19-13(17)15-7-5-14(6-8-15)12(16)11-3-9-18-10-4-11/h11H,2-10H2,1H3. The van der Waals surface area contributed by atoms with Crippen molar-refractivity contribution in [1.29, 1.82) is 0 Å². The lowest BCUT2D eigenvalue weighted by molar-refractivity contribution is -0.140. The molecule has 0 bridgehead atoms. The second-order valence-corrected chi connectivity index (χ2v) is 4.90. The fourth-order valence-corrected chi connectivity index (χ4v) is 2.53. The van der Waals surface area contributed by atoms with Crippen LogP contribution in [0.15, 0.2) is 0 Å². The van der Waals surface area contributed by atoms with E-state index in [-0.39, 0.29) is 17.9 Å². The van der Waals surface area contributed by atoms with Crippen molar-refractivity contribution in [3.8, 4) is 0 Å². The third-order valence-corrected chi connectivity index (χ3v) is 3.69. The fraction of sp³-hybridized carbons (Fsp3) is 0.846. The molecule has 0 aromatic rings. The van der Waals surface area contributed by atoms with Crippen LogP contribution in [-0.4, -0.2) is 67.8 Å². The van der Waals surface area contributed by atoms with Crippen LogP contribution in [0.3, 0.4) is 0 Å². The Morgan fingerprint density at radius 3 is 2.26 bits per heavy atom. The van der Waals surface area contributed by atoms with E-state index in [1.54, 1.807) is 11.8 Å². The lowest BCUT2D eigenvalue weighted by atomic mass is 9.98. The SMILES string of the molecule is CCOC(=O)N1CCN(C(=O)C2CCOCC2)CC1. The number of carbonyl (C=O) groups excluding carboxylic acids is 2. The Balaban J connectivity index is 1.79. The van der Waals surface area contributed by atoms with Gasteiger partial charge >= 0.3 is 6.09 Å². The number of amides is 2. The van der Waals surface area contributed by atoms with Crippen molar-refractivity contribution in [1.82, 2.24) is 9.80 Å². The van der Waals surface area contributed by atoms with Crippen molar-refractivity contribution in [3.63, 3.8) is 0 Å². The topological polar surface area (TPSA) is 59.1 Å². The van der Waals surface area contributed by atoms with Gasteiger partial charge in [-0.15, -0.1) is 0 Å². The number of rotatable bonds is 2. The number of nitrogens with zero attached hydrogens (tertiary/aromatic N) is 2. The smallest absolute Gasteiger partial charge is 0.409 e. The molecule has 0 spiro atoms. The maximum atomic E-state index is 12.3. The summed E-state index contributed by atoms with van der Waals surface area (Å²) >= 11 is 0. The summed E-state index contributed by atoms with van der Waals surface area (Å²) in [5.41, 5.74) is 0. The van der Waals surface area contributed by atoms with Gasteiger partial charge in [0, 0.05) is 45.3 Å². The van der Waals surface area contributed by atoms with E-state index in [0.717, 1.165) is 12.8 Å². The van der Waals surface area contributed by atoms with Gasteiger partial charge in [-0.2, -0.15) is 0 Å². The highest BCUT2D eigenvalue weighted by molar-refractivity contribution is 5.79. The number of ether oxygens (including phenoxy) is 2. The van der Waals surface area contributed by atoms with E-state index in [1.165, 1.54) is 0 Å². The summed E-state index contributed by atoms with van der Waals surface area (Å²) < 4.78 is 10.2. The van der Waals surface area contributed by atoms with Crippen molar-refractivity contribution in [2.24, 2.45) is 5.92 Å². The first-order valence-electron chi connectivity index (χ1n) is 7.00. The Hall–Kier alpha value is -1.30. The maximum absolute atomic E-state index is 12.3. The number of hydrogen-bond acceptors (Lipinski definition) is 4. The summed E-state index contributed by atoms with van der Waals surface area (Å²) in [6, 6.07) is 0. The summed E-state index contributed by atoms with van der Waals surface area (Å²) in [5, 5.41) is 0. The first kappa shape index (κ1) is 14.1. The minimum atomic E-state index is -0.277.